The van der Waals surface area contributed by atoms with Gasteiger partial charge in [0.15, 0.2) is 0 Å². The number of carboxylic acid groups (broad SMARTS) is 1. The molecule has 1 heterocycles. The number of aliphatic carboxylic acids is 1. The number of carboxylic acids is 1. The smallest absolute Gasteiger partial charge is 0.306 e. The van der Waals surface area contributed by atoms with E-state index in [0.29, 0.717) is 25.1 Å². The Hall–Kier alpha value is -3.48. The zero-order valence-electron chi connectivity index (χ0n) is 17.2. The summed E-state index contributed by atoms with van der Waals surface area (Å²) in [5, 5.41) is 18.5. The molecular weight excluding hydrogens is 394 g/mol. The fourth-order valence-corrected chi connectivity index (χ4v) is 4.22. The van der Waals surface area contributed by atoms with E-state index in [-0.39, 0.29) is 29.8 Å². The van der Waals surface area contributed by atoms with Crippen molar-refractivity contribution < 1.29 is 14.7 Å². The number of benzene rings is 2. The van der Waals surface area contributed by atoms with Crippen LogP contribution < -0.4 is 10.9 Å². The summed E-state index contributed by atoms with van der Waals surface area (Å²) in [6.45, 7) is 0.338. The molecule has 160 valence electrons. The number of hydrogen-bond donors (Lipinski definition) is 2. The van der Waals surface area contributed by atoms with Crippen molar-refractivity contribution in [2.24, 2.45) is 11.8 Å². The number of nitrogens with one attached hydrogen (secondary N) is 1. The molecule has 2 aromatic carbocycles. The summed E-state index contributed by atoms with van der Waals surface area (Å²) >= 11 is 0. The molecule has 7 heteroatoms. The molecule has 4 rings (SSSR count). The molecule has 2 N–H and O–H groups in total. The molecule has 31 heavy (non-hydrogen) atoms. The molecule has 7 nitrogen and oxygen atoms in total. The summed E-state index contributed by atoms with van der Waals surface area (Å²) in [4.78, 5) is 35.8. The van der Waals surface area contributed by atoms with E-state index in [4.69, 9.17) is 5.11 Å². The second kappa shape index (κ2) is 9.12. The standard InChI is InChI=1S/C24H25N3O4/c28-22(25-14-16-8-10-18(11-9-16)24(30)31)15-27-23(29)13-12-21(26-27)20-7-3-5-17-4-1-2-6-19(17)20/h1-7,12-13,16,18H,8-11,14-15H2,(H,25,28)(H,30,31). The van der Waals surface area contributed by atoms with Crippen LogP contribution in [0.3, 0.4) is 0 Å². The second-order valence-corrected chi connectivity index (χ2v) is 8.10. The largest absolute Gasteiger partial charge is 0.481 e. The molecule has 1 aromatic heterocycles. The zero-order chi connectivity index (χ0) is 21.8. The highest BCUT2D eigenvalue weighted by atomic mass is 16.4. The van der Waals surface area contributed by atoms with E-state index < -0.39 is 5.97 Å². The lowest BCUT2D eigenvalue weighted by Crippen LogP contribution is -2.37. The van der Waals surface area contributed by atoms with E-state index in [1.165, 1.54) is 10.7 Å². The first kappa shape index (κ1) is 20.8. The lowest BCUT2D eigenvalue weighted by atomic mass is 9.82. The van der Waals surface area contributed by atoms with Crippen molar-refractivity contribution in [1.82, 2.24) is 15.1 Å². The van der Waals surface area contributed by atoms with Crippen LogP contribution in [0.1, 0.15) is 25.7 Å². The van der Waals surface area contributed by atoms with Gasteiger partial charge in [-0.15, -0.1) is 0 Å². The number of aromatic nitrogens is 2. The third-order valence-corrected chi connectivity index (χ3v) is 6.01. The summed E-state index contributed by atoms with van der Waals surface area (Å²) in [7, 11) is 0. The monoisotopic (exact) mass is 419 g/mol. The SMILES string of the molecule is O=C(Cn1nc(-c2cccc3ccccc23)ccc1=O)NCC1CCC(C(=O)O)CC1. The highest BCUT2D eigenvalue weighted by Gasteiger charge is 2.26. The first-order valence-corrected chi connectivity index (χ1v) is 10.6. The maximum atomic E-state index is 12.4. The Balaban J connectivity index is 1.43. The molecule has 0 aliphatic heterocycles. The first-order valence-electron chi connectivity index (χ1n) is 10.6. The van der Waals surface area contributed by atoms with Crippen molar-refractivity contribution in [3.8, 4) is 11.3 Å². The molecule has 1 aliphatic rings. The van der Waals surface area contributed by atoms with E-state index >= 15 is 0 Å². The number of amides is 1. The quantitative estimate of drug-likeness (QED) is 0.639. The van der Waals surface area contributed by atoms with Crippen LogP contribution in [-0.2, 0) is 16.1 Å². The topological polar surface area (TPSA) is 101 Å². The fourth-order valence-electron chi connectivity index (χ4n) is 4.22. The van der Waals surface area contributed by atoms with Gasteiger partial charge in [-0.25, -0.2) is 4.68 Å². The van der Waals surface area contributed by atoms with Crippen LogP contribution in [0.25, 0.3) is 22.0 Å². The molecule has 3 aromatic rings. The predicted octanol–water partition coefficient (Wildman–Crippen LogP) is 3.07. The van der Waals surface area contributed by atoms with Crippen LogP contribution >= 0.6 is 0 Å². The van der Waals surface area contributed by atoms with Crippen molar-refractivity contribution in [2.45, 2.75) is 32.2 Å². The van der Waals surface area contributed by atoms with Gasteiger partial charge in [0.2, 0.25) is 5.91 Å². The van der Waals surface area contributed by atoms with Gasteiger partial charge in [0.1, 0.15) is 6.54 Å². The van der Waals surface area contributed by atoms with Gasteiger partial charge in [-0.2, -0.15) is 5.10 Å². The summed E-state index contributed by atoms with van der Waals surface area (Å²) in [6.07, 6.45) is 2.85. The number of carbonyl (C=O) groups is 2. The van der Waals surface area contributed by atoms with Gasteiger partial charge in [-0.1, -0.05) is 42.5 Å². The normalized spacial score (nSPS) is 18.6. The Morgan fingerprint density at radius 3 is 2.52 bits per heavy atom. The molecule has 0 bridgehead atoms. The van der Waals surface area contributed by atoms with Gasteiger partial charge in [-0.3, -0.25) is 14.4 Å². The maximum Gasteiger partial charge on any atom is 0.306 e. The minimum absolute atomic E-state index is 0.151. The van der Waals surface area contributed by atoms with E-state index in [1.54, 1.807) is 6.07 Å². The molecule has 1 amide bonds. The van der Waals surface area contributed by atoms with Crippen molar-refractivity contribution >= 4 is 22.6 Å². The second-order valence-electron chi connectivity index (χ2n) is 8.10. The molecule has 0 spiro atoms. The average Bonchev–Trinajstić information content (AvgIpc) is 2.79. The summed E-state index contributed by atoms with van der Waals surface area (Å²) in [6, 6.07) is 17.0. The Bertz CT molecular complexity index is 1160. The van der Waals surface area contributed by atoms with Crippen molar-refractivity contribution in [3.63, 3.8) is 0 Å². The predicted molar refractivity (Wildman–Crippen MR) is 118 cm³/mol. The van der Waals surface area contributed by atoms with E-state index in [1.807, 2.05) is 42.5 Å². The van der Waals surface area contributed by atoms with Crippen molar-refractivity contribution in [1.29, 1.82) is 0 Å². The lowest BCUT2D eigenvalue weighted by Gasteiger charge is -2.26. The first-order chi connectivity index (χ1) is 15.0. The molecule has 1 fully saturated rings. The molecule has 0 unspecified atom stereocenters. The summed E-state index contributed by atoms with van der Waals surface area (Å²) in [5.41, 5.74) is 1.21. The number of carbonyl (C=O) groups excluding carboxylic acids is 1. The molecular formula is C24H25N3O4. The van der Waals surface area contributed by atoms with E-state index in [9.17, 15) is 14.4 Å². The third kappa shape index (κ3) is 4.82. The highest BCUT2D eigenvalue weighted by molar-refractivity contribution is 5.95. The fraction of sp³-hybridized carbons (Fsp3) is 0.333. The molecule has 0 radical (unpaired) electrons. The summed E-state index contributed by atoms with van der Waals surface area (Å²) < 4.78 is 1.19. The molecule has 0 atom stereocenters. The Labute approximate surface area is 179 Å². The zero-order valence-corrected chi connectivity index (χ0v) is 17.2. The number of fused-ring (bicyclic) bond motifs is 1. The third-order valence-electron chi connectivity index (χ3n) is 6.01. The Morgan fingerprint density at radius 1 is 1.00 bits per heavy atom. The molecule has 1 aliphatic carbocycles. The Morgan fingerprint density at radius 2 is 1.74 bits per heavy atom. The minimum Gasteiger partial charge on any atom is -0.481 e. The van der Waals surface area contributed by atoms with Crippen LogP contribution in [0.2, 0.25) is 0 Å². The van der Waals surface area contributed by atoms with Crippen molar-refractivity contribution in [2.75, 3.05) is 6.54 Å². The van der Waals surface area contributed by atoms with Gasteiger partial charge in [0, 0.05) is 18.2 Å². The highest BCUT2D eigenvalue weighted by Crippen LogP contribution is 2.28. The average molecular weight is 419 g/mol. The minimum atomic E-state index is -0.737. The van der Waals surface area contributed by atoms with E-state index in [0.717, 1.165) is 29.2 Å². The van der Waals surface area contributed by atoms with Crippen molar-refractivity contribution in [3.05, 3.63) is 65.0 Å². The van der Waals surface area contributed by atoms with Crippen LogP contribution in [0.5, 0.6) is 0 Å². The van der Waals surface area contributed by atoms with Gasteiger partial charge in [-0.05, 0) is 48.4 Å². The molecule has 0 saturated heterocycles. The number of hydrogen-bond acceptors (Lipinski definition) is 4. The van der Waals surface area contributed by atoms with Crippen LogP contribution in [0.15, 0.2) is 59.4 Å². The van der Waals surface area contributed by atoms with Gasteiger partial charge >= 0.3 is 5.97 Å². The van der Waals surface area contributed by atoms with Gasteiger partial charge in [0.05, 0.1) is 11.6 Å². The number of rotatable bonds is 6. The van der Waals surface area contributed by atoms with Gasteiger partial charge < -0.3 is 10.4 Å². The van der Waals surface area contributed by atoms with E-state index in [2.05, 4.69) is 10.4 Å². The van der Waals surface area contributed by atoms with Crippen LogP contribution in [0.4, 0.5) is 0 Å². The molecule has 1 saturated carbocycles. The lowest BCUT2D eigenvalue weighted by molar-refractivity contribution is -0.143. The maximum absolute atomic E-state index is 12.4. The van der Waals surface area contributed by atoms with Crippen LogP contribution in [0, 0.1) is 11.8 Å². The van der Waals surface area contributed by atoms with Crippen LogP contribution in [-0.4, -0.2) is 33.3 Å². The van der Waals surface area contributed by atoms with Gasteiger partial charge in [0.25, 0.3) is 5.56 Å². The summed E-state index contributed by atoms with van der Waals surface area (Å²) in [5.74, 6) is -1.01. The Kier molecular flexibility index (Phi) is 6.11. The number of nitrogens with zero attached hydrogens (tertiary/aromatic N) is 2.